The van der Waals surface area contributed by atoms with Crippen molar-refractivity contribution in [3.05, 3.63) is 58.1 Å². The second kappa shape index (κ2) is 9.38. The number of hydrogen-bond donors (Lipinski definition) is 2. The third-order valence-electron chi connectivity index (χ3n) is 3.92. The molecule has 1 amide bonds. The van der Waals surface area contributed by atoms with E-state index in [1.165, 1.54) is 6.07 Å². The second-order valence-corrected chi connectivity index (χ2v) is 6.90. The summed E-state index contributed by atoms with van der Waals surface area (Å²) >= 11 is 3.33. The number of nitrogens with one attached hydrogen (secondary N) is 1. The van der Waals surface area contributed by atoms with E-state index in [0.29, 0.717) is 16.9 Å². The summed E-state index contributed by atoms with van der Waals surface area (Å²) in [7, 11) is 0. The van der Waals surface area contributed by atoms with Crippen molar-refractivity contribution in [3.63, 3.8) is 0 Å². The van der Waals surface area contributed by atoms with E-state index in [9.17, 15) is 14.7 Å². The number of benzene rings is 2. The SMILES string of the molecule is CCCN(CCC)c1ccc(NC(=O)c2ccc(Br)cc2)cc1C(=O)O. The first-order valence-electron chi connectivity index (χ1n) is 8.65. The number of carbonyl (C=O) groups excluding carboxylic acids is 1. The molecule has 0 unspecified atom stereocenters. The highest BCUT2D eigenvalue weighted by Gasteiger charge is 2.17. The summed E-state index contributed by atoms with van der Waals surface area (Å²) < 4.78 is 0.888. The highest BCUT2D eigenvalue weighted by Crippen LogP contribution is 2.25. The maximum absolute atomic E-state index is 12.3. The van der Waals surface area contributed by atoms with Crippen LogP contribution >= 0.6 is 15.9 Å². The summed E-state index contributed by atoms with van der Waals surface area (Å²) in [6.45, 7) is 5.71. The van der Waals surface area contributed by atoms with Crippen LogP contribution in [0, 0.1) is 0 Å². The summed E-state index contributed by atoms with van der Waals surface area (Å²) in [4.78, 5) is 26.2. The zero-order valence-electron chi connectivity index (χ0n) is 15.0. The van der Waals surface area contributed by atoms with Crippen LogP contribution in [0.5, 0.6) is 0 Å². The first kappa shape index (κ1) is 20.0. The minimum Gasteiger partial charge on any atom is -0.478 e. The standard InChI is InChI=1S/C20H23BrN2O3/c1-3-11-23(12-4-2)18-10-9-16(13-17(18)20(25)26)22-19(24)14-5-7-15(21)8-6-14/h5-10,13H,3-4,11-12H2,1-2H3,(H,22,24)(H,25,26). The van der Waals surface area contributed by atoms with E-state index in [1.54, 1.807) is 36.4 Å². The van der Waals surface area contributed by atoms with Crippen LogP contribution < -0.4 is 10.2 Å². The molecule has 0 aliphatic carbocycles. The van der Waals surface area contributed by atoms with Gasteiger partial charge in [0.2, 0.25) is 0 Å². The number of anilines is 2. The Morgan fingerprint density at radius 1 is 1.04 bits per heavy atom. The van der Waals surface area contributed by atoms with Crippen LogP contribution in [-0.4, -0.2) is 30.1 Å². The van der Waals surface area contributed by atoms with Crippen molar-refractivity contribution in [1.29, 1.82) is 0 Å². The van der Waals surface area contributed by atoms with Crippen LogP contribution in [0.25, 0.3) is 0 Å². The number of carbonyl (C=O) groups is 2. The fraction of sp³-hybridized carbons (Fsp3) is 0.300. The molecule has 0 radical (unpaired) electrons. The van der Waals surface area contributed by atoms with Crippen molar-refractivity contribution in [1.82, 2.24) is 0 Å². The van der Waals surface area contributed by atoms with Crippen molar-refractivity contribution in [2.24, 2.45) is 0 Å². The molecule has 0 aliphatic heterocycles. The molecule has 6 heteroatoms. The Hall–Kier alpha value is -2.34. The molecule has 0 spiro atoms. The highest BCUT2D eigenvalue weighted by atomic mass is 79.9. The maximum Gasteiger partial charge on any atom is 0.337 e. The van der Waals surface area contributed by atoms with Gasteiger partial charge < -0.3 is 15.3 Å². The number of amides is 1. The molecule has 0 saturated carbocycles. The molecule has 0 heterocycles. The molecule has 0 bridgehead atoms. The van der Waals surface area contributed by atoms with Crippen LogP contribution in [0.15, 0.2) is 46.9 Å². The van der Waals surface area contributed by atoms with E-state index in [-0.39, 0.29) is 11.5 Å². The molecular formula is C20H23BrN2O3. The van der Waals surface area contributed by atoms with Gasteiger partial charge in [-0.2, -0.15) is 0 Å². The van der Waals surface area contributed by atoms with E-state index in [1.807, 2.05) is 0 Å². The molecule has 26 heavy (non-hydrogen) atoms. The van der Waals surface area contributed by atoms with Gasteiger partial charge >= 0.3 is 5.97 Å². The number of carboxylic acid groups (broad SMARTS) is 1. The van der Waals surface area contributed by atoms with E-state index < -0.39 is 5.97 Å². The molecular weight excluding hydrogens is 396 g/mol. The van der Waals surface area contributed by atoms with Crippen LogP contribution in [0.3, 0.4) is 0 Å². The van der Waals surface area contributed by atoms with Crippen LogP contribution in [0.1, 0.15) is 47.4 Å². The largest absolute Gasteiger partial charge is 0.478 e. The number of carboxylic acids is 1. The van der Waals surface area contributed by atoms with E-state index in [4.69, 9.17) is 0 Å². The first-order valence-corrected chi connectivity index (χ1v) is 9.44. The lowest BCUT2D eigenvalue weighted by Gasteiger charge is -2.25. The highest BCUT2D eigenvalue weighted by molar-refractivity contribution is 9.10. The molecule has 0 fully saturated rings. The van der Waals surface area contributed by atoms with Gasteiger partial charge in [-0.1, -0.05) is 29.8 Å². The molecule has 0 aliphatic rings. The predicted octanol–water partition coefficient (Wildman–Crippen LogP) is 5.03. The number of hydrogen-bond acceptors (Lipinski definition) is 3. The maximum atomic E-state index is 12.3. The fourth-order valence-electron chi connectivity index (χ4n) is 2.76. The van der Waals surface area contributed by atoms with Gasteiger partial charge in [0.15, 0.2) is 0 Å². The van der Waals surface area contributed by atoms with Gasteiger partial charge in [0.05, 0.1) is 11.3 Å². The van der Waals surface area contributed by atoms with Crippen molar-refractivity contribution >= 4 is 39.2 Å². The van der Waals surface area contributed by atoms with Gasteiger partial charge in [0, 0.05) is 28.8 Å². The molecule has 2 rings (SSSR count). The lowest BCUT2D eigenvalue weighted by molar-refractivity contribution is 0.0697. The Kier molecular flexibility index (Phi) is 7.21. The van der Waals surface area contributed by atoms with Crippen molar-refractivity contribution in [2.75, 3.05) is 23.3 Å². The van der Waals surface area contributed by atoms with Gasteiger partial charge in [-0.25, -0.2) is 4.79 Å². The third-order valence-corrected chi connectivity index (χ3v) is 4.45. The Bertz CT molecular complexity index is 769. The molecule has 0 aromatic heterocycles. The Morgan fingerprint density at radius 3 is 2.19 bits per heavy atom. The Morgan fingerprint density at radius 2 is 1.65 bits per heavy atom. The Balaban J connectivity index is 2.28. The smallest absolute Gasteiger partial charge is 0.337 e. The van der Waals surface area contributed by atoms with Crippen LogP contribution in [0.2, 0.25) is 0 Å². The first-order chi connectivity index (χ1) is 12.5. The zero-order chi connectivity index (χ0) is 19.1. The lowest BCUT2D eigenvalue weighted by Crippen LogP contribution is -2.27. The minimum absolute atomic E-state index is 0.195. The van der Waals surface area contributed by atoms with Gasteiger partial charge in [0.25, 0.3) is 5.91 Å². The molecule has 138 valence electrons. The molecule has 5 nitrogen and oxygen atoms in total. The predicted molar refractivity (Wildman–Crippen MR) is 108 cm³/mol. The number of halogens is 1. The van der Waals surface area contributed by atoms with Crippen molar-refractivity contribution in [3.8, 4) is 0 Å². The van der Waals surface area contributed by atoms with Crippen LogP contribution in [-0.2, 0) is 0 Å². The topological polar surface area (TPSA) is 69.6 Å². The molecule has 2 N–H and O–H groups in total. The van der Waals surface area contributed by atoms with Crippen molar-refractivity contribution in [2.45, 2.75) is 26.7 Å². The molecule has 2 aromatic carbocycles. The third kappa shape index (κ3) is 5.08. The summed E-state index contributed by atoms with van der Waals surface area (Å²) in [6, 6.07) is 12.0. The molecule has 2 aromatic rings. The lowest BCUT2D eigenvalue weighted by atomic mass is 10.1. The zero-order valence-corrected chi connectivity index (χ0v) is 16.5. The monoisotopic (exact) mass is 418 g/mol. The average Bonchev–Trinajstić information content (AvgIpc) is 2.62. The average molecular weight is 419 g/mol. The Labute approximate surface area is 162 Å². The summed E-state index contributed by atoms with van der Waals surface area (Å²) in [5, 5.41) is 12.4. The molecule has 0 saturated heterocycles. The summed E-state index contributed by atoms with van der Waals surface area (Å²) in [5.74, 6) is -1.28. The van der Waals surface area contributed by atoms with E-state index >= 15 is 0 Å². The second-order valence-electron chi connectivity index (χ2n) is 5.99. The number of rotatable bonds is 8. The normalized spacial score (nSPS) is 10.4. The summed E-state index contributed by atoms with van der Waals surface area (Å²) in [6.07, 6.45) is 1.86. The number of aromatic carboxylic acids is 1. The minimum atomic E-state index is -1.00. The van der Waals surface area contributed by atoms with Crippen molar-refractivity contribution < 1.29 is 14.7 Å². The van der Waals surface area contributed by atoms with Gasteiger partial charge in [-0.15, -0.1) is 0 Å². The summed E-state index contributed by atoms with van der Waals surface area (Å²) in [5.41, 5.74) is 1.85. The number of nitrogens with zero attached hydrogens (tertiary/aromatic N) is 1. The fourth-order valence-corrected chi connectivity index (χ4v) is 3.02. The van der Waals surface area contributed by atoms with Gasteiger partial charge in [0.1, 0.15) is 0 Å². The molecule has 0 atom stereocenters. The quantitative estimate of drug-likeness (QED) is 0.630. The van der Waals surface area contributed by atoms with E-state index in [0.717, 1.165) is 30.4 Å². The van der Waals surface area contributed by atoms with E-state index in [2.05, 4.69) is 40.0 Å². The van der Waals surface area contributed by atoms with Crippen LogP contribution in [0.4, 0.5) is 11.4 Å². The van der Waals surface area contributed by atoms with Gasteiger partial charge in [-0.3, -0.25) is 4.79 Å². The van der Waals surface area contributed by atoms with Gasteiger partial charge in [-0.05, 0) is 55.3 Å².